The van der Waals surface area contributed by atoms with Crippen LogP contribution in [0.2, 0.25) is 0 Å². The monoisotopic (exact) mass is 226 g/mol. The molecule has 1 nitrogen and oxygen atoms in total. The summed E-state index contributed by atoms with van der Waals surface area (Å²) in [6.07, 6.45) is 1.26. The Kier molecular flexibility index (Phi) is 2.35. The van der Waals surface area contributed by atoms with E-state index in [1.54, 1.807) is 0 Å². The smallest absolute Gasteiger partial charge is 0.119 e. The third-order valence-corrected chi connectivity index (χ3v) is 3.17. The van der Waals surface area contributed by atoms with E-state index in [1.165, 1.54) is 6.42 Å². The van der Waals surface area contributed by atoms with E-state index in [9.17, 15) is 0 Å². The predicted molar refractivity (Wildman–Crippen MR) is 52.8 cm³/mol. The highest BCUT2D eigenvalue weighted by molar-refractivity contribution is 9.09. The first-order chi connectivity index (χ1) is 5.86. The maximum atomic E-state index is 5.57. The second-order valence-electron chi connectivity index (χ2n) is 3.14. The first-order valence-corrected chi connectivity index (χ1v) is 5.10. The van der Waals surface area contributed by atoms with Gasteiger partial charge < -0.3 is 4.74 Å². The average molecular weight is 227 g/mol. The van der Waals surface area contributed by atoms with Crippen LogP contribution in [0.4, 0.5) is 0 Å². The number of hydrogen-bond acceptors (Lipinski definition) is 1. The molecule has 0 unspecified atom stereocenters. The summed E-state index contributed by atoms with van der Waals surface area (Å²) in [5, 5.41) is 0. The number of benzene rings is 1. The van der Waals surface area contributed by atoms with Gasteiger partial charge in [0.2, 0.25) is 0 Å². The highest BCUT2D eigenvalue weighted by Crippen LogP contribution is 2.37. The second-order valence-corrected chi connectivity index (χ2v) is 4.31. The van der Waals surface area contributed by atoms with Crippen LogP contribution in [0.25, 0.3) is 0 Å². The Balaban J connectivity index is 1.80. The quantitative estimate of drug-likeness (QED) is 0.721. The fraction of sp³-hybridized carbons (Fsp3) is 0.400. The van der Waals surface area contributed by atoms with E-state index in [4.69, 9.17) is 4.74 Å². The molecule has 1 aromatic rings. The summed E-state index contributed by atoms with van der Waals surface area (Å²) in [7, 11) is 0. The van der Waals surface area contributed by atoms with Gasteiger partial charge in [-0.05, 0) is 18.6 Å². The molecule has 2 atom stereocenters. The van der Waals surface area contributed by atoms with Gasteiger partial charge in [-0.3, -0.25) is 0 Å². The number of hydrogen-bond donors (Lipinski definition) is 0. The van der Waals surface area contributed by atoms with E-state index in [2.05, 4.69) is 15.9 Å². The molecule has 1 aromatic carbocycles. The molecule has 0 bridgehead atoms. The first-order valence-electron chi connectivity index (χ1n) is 4.18. The van der Waals surface area contributed by atoms with Crippen molar-refractivity contribution in [3.63, 3.8) is 0 Å². The molecule has 2 rings (SSSR count). The van der Waals surface area contributed by atoms with Crippen molar-refractivity contribution in [2.24, 2.45) is 5.92 Å². The molecular formula is C10H11BrO. The van der Waals surface area contributed by atoms with Crippen LogP contribution >= 0.6 is 15.9 Å². The van der Waals surface area contributed by atoms with Crippen LogP contribution in [-0.2, 0) is 0 Å². The van der Waals surface area contributed by atoms with E-state index in [1.807, 2.05) is 30.3 Å². The highest BCUT2D eigenvalue weighted by atomic mass is 79.9. The molecule has 2 heteroatoms. The van der Waals surface area contributed by atoms with E-state index in [-0.39, 0.29) is 0 Å². The molecule has 0 heterocycles. The molecule has 1 aliphatic rings. The van der Waals surface area contributed by atoms with Crippen LogP contribution < -0.4 is 4.74 Å². The lowest BCUT2D eigenvalue weighted by molar-refractivity contribution is 0.300. The number of para-hydroxylation sites is 1. The van der Waals surface area contributed by atoms with Crippen molar-refractivity contribution < 1.29 is 4.74 Å². The highest BCUT2D eigenvalue weighted by Gasteiger charge is 2.34. The average Bonchev–Trinajstić information content (AvgIpc) is 2.81. The fourth-order valence-electron chi connectivity index (χ4n) is 1.10. The largest absolute Gasteiger partial charge is 0.493 e. The van der Waals surface area contributed by atoms with Gasteiger partial charge in [0.05, 0.1) is 6.61 Å². The molecule has 0 N–H and O–H groups in total. The molecule has 0 aromatic heterocycles. The van der Waals surface area contributed by atoms with Gasteiger partial charge in [-0.25, -0.2) is 0 Å². The Morgan fingerprint density at radius 1 is 1.33 bits per heavy atom. The van der Waals surface area contributed by atoms with Crippen molar-refractivity contribution in [2.45, 2.75) is 11.2 Å². The molecule has 12 heavy (non-hydrogen) atoms. The minimum absolute atomic E-state index is 0.696. The van der Waals surface area contributed by atoms with Crippen LogP contribution in [0.1, 0.15) is 6.42 Å². The van der Waals surface area contributed by atoms with Gasteiger partial charge in [0.25, 0.3) is 0 Å². The van der Waals surface area contributed by atoms with E-state index < -0.39 is 0 Å². The van der Waals surface area contributed by atoms with Crippen LogP contribution in [0.3, 0.4) is 0 Å². The molecule has 64 valence electrons. The summed E-state index contributed by atoms with van der Waals surface area (Å²) in [5.41, 5.74) is 0. The van der Waals surface area contributed by atoms with Gasteiger partial charge in [0, 0.05) is 10.7 Å². The van der Waals surface area contributed by atoms with E-state index in [0.717, 1.165) is 18.3 Å². The Labute approximate surface area is 80.9 Å². The van der Waals surface area contributed by atoms with E-state index >= 15 is 0 Å². The zero-order valence-corrected chi connectivity index (χ0v) is 8.33. The van der Waals surface area contributed by atoms with Crippen molar-refractivity contribution in [3.8, 4) is 5.75 Å². The van der Waals surface area contributed by atoms with Gasteiger partial charge in [-0.1, -0.05) is 34.1 Å². The minimum atomic E-state index is 0.696. The summed E-state index contributed by atoms with van der Waals surface area (Å²) in [6.45, 7) is 0.847. The molecule has 0 spiro atoms. The van der Waals surface area contributed by atoms with Crippen LogP contribution in [0.5, 0.6) is 5.75 Å². The standard InChI is InChI=1S/C10H11BrO/c11-10-6-8(10)7-12-9-4-2-1-3-5-9/h1-5,8,10H,6-7H2/t8-,10+/m1/s1. The third kappa shape index (κ3) is 2.01. The van der Waals surface area contributed by atoms with E-state index in [0.29, 0.717) is 4.83 Å². The zero-order chi connectivity index (χ0) is 8.39. The molecule has 1 aliphatic carbocycles. The molecular weight excluding hydrogens is 216 g/mol. The third-order valence-electron chi connectivity index (χ3n) is 2.04. The van der Waals surface area contributed by atoms with Crippen LogP contribution in [0, 0.1) is 5.92 Å². The molecule has 0 amide bonds. The van der Waals surface area contributed by atoms with Crippen molar-refractivity contribution >= 4 is 15.9 Å². The zero-order valence-electron chi connectivity index (χ0n) is 6.74. The van der Waals surface area contributed by atoms with Crippen molar-refractivity contribution in [2.75, 3.05) is 6.61 Å². The van der Waals surface area contributed by atoms with Crippen molar-refractivity contribution in [3.05, 3.63) is 30.3 Å². The van der Waals surface area contributed by atoms with Gasteiger partial charge in [0.15, 0.2) is 0 Å². The molecule has 1 saturated carbocycles. The van der Waals surface area contributed by atoms with Crippen molar-refractivity contribution in [1.82, 2.24) is 0 Å². The maximum absolute atomic E-state index is 5.57. The summed E-state index contributed by atoms with van der Waals surface area (Å²) in [4.78, 5) is 0.696. The SMILES string of the molecule is Br[C@H]1C[C@@H]1COc1ccccc1. The summed E-state index contributed by atoms with van der Waals surface area (Å²) in [5.74, 6) is 1.70. The number of rotatable bonds is 3. The van der Waals surface area contributed by atoms with Crippen LogP contribution in [0.15, 0.2) is 30.3 Å². The Morgan fingerprint density at radius 2 is 2.00 bits per heavy atom. The maximum Gasteiger partial charge on any atom is 0.119 e. The van der Waals surface area contributed by atoms with Crippen molar-refractivity contribution in [1.29, 1.82) is 0 Å². The Bertz CT molecular complexity index is 247. The van der Waals surface area contributed by atoms with Gasteiger partial charge in [-0.2, -0.15) is 0 Å². The van der Waals surface area contributed by atoms with Gasteiger partial charge in [-0.15, -0.1) is 0 Å². The summed E-state index contributed by atoms with van der Waals surface area (Å²) < 4.78 is 5.57. The predicted octanol–water partition coefficient (Wildman–Crippen LogP) is 2.85. The number of alkyl halides is 1. The minimum Gasteiger partial charge on any atom is -0.493 e. The van der Waals surface area contributed by atoms with Crippen LogP contribution in [-0.4, -0.2) is 11.4 Å². The lowest BCUT2D eigenvalue weighted by atomic mass is 10.3. The summed E-state index contributed by atoms with van der Waals surface area (Å²) in [6, 6.07) is 9.97. The lowest BCUT2D eigenvalue weighted by Gasteiger charge is -2.03. The number of halogens is 1. The summed E-state index contributed by atoms with van der Waals surface area (Å²) >= 11 is 3.54. The Morgan fingerprint density at radius 3 is 2.58 bits per heavy atom. The normalized spacial score (nSPS) is 26.8. The molecule has 1 fully saturated rings. The fourth-order valence-corrected chi connectivity index (χ4v) is 1.74. The Hall–Kier alpha value is -0.500. The number of ether oxygens (including phenoxy) is 1. The van der Waals surface area contributed by atoms with Gasteiger partial charge >= 0.3 is 0 Å². The molecule has 0 radical (unpaired) electrons. The topological polar surface area (TPSA) is 9.23 Å². The van der Waals surface area contributed by atoms with Gasteiger partial charge in [0.1, 0.15) is 5.75 Å². The lowest BCUT2D eigenvalue weighted by Crippen LogP contribution is -2.00. The first kappa shape index (κ1) is 8.11. The molecule has 0 aliphatic heterocycles. The molecule has 0 saturated heterocycles. The second kappa shape index (κ2) is 3.48.